The quantitative estimate of drug-likeness (QED) is 0.842. The fourth-order valence-corrected chi connectivity index (χ4v) is 3.35. The molecule has 0 saturated carbocycles. The number of piperidine rings is 1. The highest BCUT2D eigenvalue weighted by molar-refractivity contribution is 9.10. The molecular formula is C19H19BrN2O2. The van der Waals surface area contributed by atoms with Gasteiger partial charge in [0.25, 0.3) is 5.91 Å². The number of amides is 2. The first-order valence-corrected chi connectivity index (χ1v) is 8.82. The third-order valence-corrected chi connectivity index (χ3v) is 4.89. The van der Waals surface area contributed by atoms with Crippen LogP contribution >= 0.6 is 15.9 Å². The molecule has 0 aromatic heterocycles. The summed E-state index contributed by atoms with van der Waals surface area (Å²) >= 11 is 3.39. The summed E-state index contributed by atoms with van der Waals surface area (Å²) in [7, 11) is 0. The van der Waals surface area contributed by atoms with Crippen LogP contribution in [0.4, 0.5) is 11.4 Å². The van der Waals surface area contributed by atoms with Gasteiger partial charge in [-0.1, -0.05) is 18.2 Å². The molecule has 1 fully saturated rings. The number of rotatable bonds is 3. The zero-order valence-electron chi connectivity index (χ0n) is 13.5. The minimum atomic E-state index is -0.178. The summed E-state index contributed by atoms with van der Waals surface area (Å²) in [6.07, 6.45) is 2.55. The van der Waals surface area contributed by atoms with E-state index in [-0.39, 0.29) is 11.8 Å². The first kappa shape index (κ1) is 16.7. The van der Waals surface area contributed by atoms with Crippen LogP contribution in [0.25, 0.3) is 0 Å². The Morgan fingerprint density at radius 3 is 2.71 bits per heavy atom. The summed E-state index contributed by atoms with van der Waals surface area (Å²) in [5.74, 6) is -0.0270. The topological polar surface area (TPSA) is 49.4 Å². The highest BCUT2D eigenvalue weighted by Crippen LogP contribution is 2.28. The lowest BCUT2D eigenvalue weighted by atomic mass is 10.1. The van der Waals surface area contributed by atoms with Gasteiger partial charge in [-0.25, -0.2) is 0 Å². The number of hydrogen-bond acceptors (Lipinski definition) is 2. The second-order valence-electron chi connectivity index (χ2n) is 5.94. The van der Waals surface area contributed by atoms with Crippen LogP contribution in [0.1, 0.15) is 35.2 Å². The van der Waals surface area contributed by atoms with Gasteiger partial charge in [-0.2, -0.15) is 0 Å². The van der Waals surface area contributed by atoms with Gasteiger partial charge in [0.05, 0.1) is 5.56 Å². The van der Waals surface area contributed by atoms with E-state index < -0.39 is 0 Å². The van der Waals surface area contributed by atoms with Gasteiger partial charge >= 0.3 is 0 Å². The monoisotopic (exact) mass is 386 g/mol. The lowest BCUT2D eigenvalue weighted by Gasteiger charge is -2.28. The number of benzene rings is 2. The van der Waals surface area contributed by atoms with Gasteiger partial charge in [0.15, 0.2) is 0 Å². The number of nitrogens with zero attached hydrogens (tertiary/aromatic N) is 1. The predicted molar refractivity (Wildman–Crippen MR) is 99.5 cm³/mol. The number of anilines is 2. The molecule has 5 heteroatoms. The van der Waals surface area contributed by atoms with Crippen molar-refractivity contribution >= 4 is 39.1 Å². The molecule has 1 aliphatic rings. The molecule has 124 valence electrons. The van der Waals surface area contributed by atoms with Gasteiger partial charge in [0.2, 0.25) is 5.91 Å². The van der Waals surface area contributed by atoms with E-state index in [0.29, 0.717) is 17.7 Å². The summed E-state index contributed by atoms with van der Waals surface area (Å²) in [5, 5.41) is 2.91. The third kappa shape index (κ3) is 3.51. The van der Waals surface area contributed by atoms with Crippen LogP contribution in [0.15, 0.2) is 46.9 Å². The highest BCUT2D eigenvalue weighted by Gasteiger charge is 2.21. The Balaban J connectivity index is 1.85. The third-order valence-electron chi connectivity index (χ3n) is 4.20. The average molecular weight is 387 g/mol. The number of carbonyl (C=O) groups excluding carboxylic acids is 2. The van der Waals surface area contributed by atoms with E-state index in [1.165, 1.54) is 0 Å². The molecule has 1 aliphatic heterocycles. The van der Waals surface area contributed by atoms with E-state index in [0.717, 1.165) is 35.1 Å². The smallest absolute Gasteiger partial charge is 0.256 e. The Kier molecular flexibility index (Phi) is 5.00. The molecule has 0 spiro atoms. The van der Waals surface area contributed by atoms with Crippen LogP contribution < -0.4 is 10.2 Å². The van der Waals surface area contributed by atoms with Crippen molar-refractivity contribution in [3.8, 4) is 0 Å². The number of halogens is 1. The van der Waals surface area contributed by atoms with Crippen molar-refractivity contribution in [2.45, 2.75) is 26.2 Å². The number of hydrogen-bond donors (Lipinski definition) is 1. The van der Waals surface area contributed by atoms with Crippen molar-refractivity contribution < 1.29 is 9.59 Å². The van der Waals surface area contributed by atoms with Crippen LogP contribution in [0.3, 0.4) is 0 Å². The summed E-state index contributed by atoms with van der Waals surface area (Å²) < 4.78 is 0.751. The van der Waals surface area contributed by atoms with E-state index in [4.69, 9.17) is 0 Å². The molecule has 1 heterocycles. The maximum absolute atomic E-state index is 12.5. The van der Waals surface area contributed by atoms with Gasteiger partial charge in [-0.3, -0.25) is 9.59 Å². The molecule has 24 heavy (non-hydrogen) atoms. The van der Waals surface area contributed by atoms with Gasteiger partial charge in [0, 0.05) is 28.8 Å². The molecule has 2 aromatic carbocycles. The fourth-order valence-electron chi connectivity index (χ4n) is 2.88. The molecule has 3 rings (SSSR count). The molecular weight excluding hydrogens is 368 g/mol. The molecule has 2 aromatic rings. The molecule has 1 saturated heterocycles. The van der Waals surface area contributed by atoms with Gasteiger partial charge in [0.1, 0.15) is 0 Å². The zero-order valence-corrected chi connectivity index (χ0v) is 15.1. The van der Waals surface area contributed by atoms with E-state index in [1.54, 1.807) is 6.07 Å². The predicted octanol–water partition coefficient (Wildman–Crippen LogP) is 4.53. The minimum absolute atomic E-state index is 0.152. The molecule has 4 nitrogen and oxygen atoms in total. The van der Waals surface area contributed by atoms with Crippen molar-refractivity contribution in [2.24, 2.45) is 0 Å². The summed E-state index contributed by atoms with van der Waals surface area (Å²) in [4.78, 5) is 26.5. The van der Waals surface area contributed by atoms with E-state index in [2.05, 4.69) is 21.2 Å². The van der Waals surface area contributed by atoms with Crippen LogP contribution in [-0.2, 0) is 4.79 Å². The van der Waals surface area contributed by atoms with Crippen LogP contribution in [0.2, 0.25) is 0 Å². The molecule has 0 atom stereocenters. The number of carbonyl (C=O) groups is 2. The summed E-state index contributed by atoms with van der Waals surface area (Å²) in [6, 6.07) is 13.0. The van der Waals surface area contributed by atoms with Crippen molar-refractivity contribution in [3.05, 3.63) is 58.1 Å². The lowest BCUT2D eigenvalue weighted by molar-refractivity contribution is -0.119. The largest absolute Gasteiger partial charge is 0.322 e. The summed E-state index contributed by atoms with van der Waals surface area (Å²) in [5.41, 5.74) is 3.18. The first-order valence-electron chi connectivity index (χ1n) is 8.03. The van der Waals surface area contributed by atoms with Gasteiger partial charge in [-0.05, 0) is 65.5 Å². The molecule has 0 unspecified atom stereocenters. The second kappa shape index (κ2) is 7.18. The van der Waals surface area contributed by atoms with Crippen molar-refractivity contribution in [1.82, 2.24) is 0 Å². The maximum atomic E-state index is 12.5. The van der Waals surface area contributed by atoms with Gasteiger partial charge < -0.3 is 10.2 Å². The SMILES string of the molecule is Cc1ccc(NC(=O)c2ccccc2Br)cc1N1CCCCC1=O. The van der Waals surface area contributed by atoms with Crippen molar-refractivity contribution in [1.29, 1.82) is 0 Å². The highest BCUT2D eigenvalue weighted by atomic mass is 79.9. The fraction of sp³-hybridized carbons (Fsp3) is 0.263. The molecule has 1 N–H and O–H groups in total. The zero-order chi connectivity index (χ0) is 17.1. The molecule has 0 radical (unpaired) electrons. The van der Waals surface area contributed by atoms with Crippen LogP contribution in [-0.4, -0.2) is 18.4 Å². The Bertz CT molecular complexity index is 789. The first-order chi connectivity index (χ1) is 11.6. The molecule has 2 amide bonds. The number of nitrogens with one attached hydrogen (secondary N) is 1. The molecule has 0 bridgehead atoms. The maximum Gasteiger partial charge on any atom is 0.256 e. The van der Waals surface area contributed by atoms with Crippen LogP contribution in [0, 0.1) is 6.92 Å². The number of aryl methyl sites for hydroxylation is 1. The Hall–Kier alpha value is -2.14. The van der Waals surface area contributed by atoms with E-state index in [1.807, 2.05) is 48.2 Å². The summed E-state index contributed by atoms with van der Waals surface area (Å²) in [6.45, 7) is 2.72. The van der Waals surface area contributed by atoms with Gasteiger partial charge in [-0.15, -0.1) is 0 Å². The van der Waals surface area contributed by atoms with Crippen LogP contribution in [0.5, 0.6) is 0 Å². The Morgan fingerprint density at radius 2 is 1.96 bits per heavy atom. The van der Waals surface area contributed by atoms with Crippen molar-refractivity contribution in [2.75, 3.05) is 16.8 Å². The average Bonchev–Trinajstić information content (AvgIpc) is 2.57. The van der Waals surface area contributed by atoms with E-state index in [9.17, 15) is 9.59 Å². The second-order valence-corrected chi connectivity index (χ2v) is 6.79. The standard InChI is InChI=1S/C19H19BrN2O2/c1-13-9-10-14(12-17(13)22-11-5-4-8-18(22)23)21-19(24)15-6-2-3-7-16(15)20/h2-3,6-7,9-10,12H,4-5,8,11H2,1H3,(H,21,24). The van der Waals surface area contributed by atoms with E-state index >= 15 is 0 Å². The normalized spacial score (nSPS) is 14.6. The Morgan fingerprint density at radius 1 is 1.17 bits per heavy atom. The lowest BCUT2D eigenvalue weighted by Crippen LogP contribution is -2.35. The molecule has 0 aliphatic carbocycles. The Labute approximate surface area is 150 Å². The minimum Gasteiger partial charge on any atom is -0.322 e. The van der Waals surface area contributed by atoms with Crippen molar-refractivity contribution in [3.63, 3.8) is 0 Å².